The standard InChI is InChI=1S/C19H21N5O/c1-3-23(4-2)13-18-22-21-14-24(18)17-11-6-5-9-15(17)19(25)16-10-7-8-12-20-16/h5-12,14H,3-4,13H2,1-2H3. The Labute approximate surface area is 147 Å². The number of carbonyl (C=O) groups is 1. The zero-order chi connectivity index (χ0) is 17.6. The van der Waals surface area contributed by atoms with Crippen LogP contribution in [0.4, 0.5) is 0 Å². The largest absolute Gasteiger partial charge is 0.296 e. The maximum Gasteiger partial charge on any atom is 0.213 e. The molecule has 0 bridgehead atoms. The van der Waals surface area contributed by atoms with E-state index in [4.69, 9.17) is 0 Å². The first-order valence-corrected chi connectivity index (χ1v) is 8.41. The normalized spacial score (nSPS) is 11.0. The zero-order valence-corrected chi connectivity index (χ0v) is 14.5. The lowest BCUT2D eigenvalue weighted by Gasteiger charge is -2.18. The Bertz CT molecular complexity index is 840. The van der Waals surface area contributed by atoms with E-state index in [1.54, 1.807) is 24.7 Å². The van der Waals surface area contributed by atoms with E-state index in [2.05, 4.69) is 33.9 Å². The van der Waals surface area contributed by atoms with Gasteiger partial charge in [0.15, 0.2) is 5.82 Å². The van der Waals surface area contributed by atoms with E-state index in [-0.39, 0.29) is 5.78 Å². The van der Waals surface area contributed by atoms with Gasteiger partial charge in [-0.05, 0) is 37.4 Å². The van der Waals surface area contributed by atoms with Crippen molar-refractivity contribution in [3.05, 3.63) is 72.1 Å². The molecular formula is C19H21N5O. The minimum Gasteiger partial charge on any atom is -0.296 e. The Morgan fingerprint density at radius 3 is 2.56 bits per heavy atom. The number of ketones is 1. The Hall–Kier alpha value is -2.86. The Kier molecular flexibility index (Phi) is 5.30. The lowest BCUT2D eigenvalue weighted by atomic mass is 10.1. The van der Waals surface area contributed by atoms with Crippen LogP contribution in [0, 0.1) is 0 Å². The van der Waals surface area contributed by atoms with Crippen LogP contribution in [-0.4, -0.2) is 43.5 Å². The van der Waals surface area contributed by atoms with Crippen LogP contribution in [0.5, 0.6) is 0 Å². The second-order valence-electron chi connectivity index (χ2n) is 5.64. The molecule has 6 nitrogen and oxygen atoms in total. The molecule has 3 rings (SSSR count). The van der Waals surface area contributed by atoms with Crippen molar-refractivity contribution in [3.63, 3.8) is 0 Å². The third-order valence-electron chi connectivity index (χ3n) is 4.18. The molecule has 0 saturated carbocycles. The molecule has 0 fully saturated rings. The van der Waals surface area contributed by atoms with Gasteiger partial charge in [0.2, 0.25) is 5.78 Å². The summed E-state index contributed by atoms with van der Waals surface area (Å²) < 4.78 is 1.88. The molecule has 0 unspecified atom stereocenters. The van der Waals surface area contributed by atoms with Crippen LogP contribution >= 0.6 is 0 Å². The van der Waals surface area contributed by atoms with Crippen molar-refractivity contribution < 1.29 is 4.79 Å². The Morgan fingerprint density at radius 1 is 1.08 bits per heavy atom. The molecule has 2 heterocycles. The molecule has 0 aliphatic rings. The first kappa shape index (κ1) is 17.0. The van der Waals surface area contributed by atoms with Gasteiger partial charge in [-0.25, -0.2) is 0 Å². The molecule has 3 aromatic rings. The van der Waals surface area contributed by atoms with Crippen LogP contribution in [0.2, 0.25) is 0 Å². The molecule has 0 aliphatic carbocycles. The lowest BCUT2D eigenvalue weighted by Crippen LogP contribution is -2.24. The summed E-state index contributed by atoms with van der Waals surface area (Å²) in [6.45, 7) is 6.76. The number of carbonyl (C=O) groups excluding carboxylic acids is 1. The van der Waals surface area contributed by atoms with Crippen LogP contribution < -0.4 is 0 Å². The number of aromatic nitrogens is 4. The van der Waals surface area contributed by atoms with Crippen molar-refractivity contribution in [2.24, 2.45) is 0 Å². The maximum atomic E-state index is 12.9. The van der Waals surface area contributed by atoms with E-state index in [0.717, 1.165) is 24.6 Å². The van der Waals surface area contributed by atoms with Crippen molar-refractivity contribution in [1.82, 2.24) is 24.6 Å². The lowest BCUT2D eigenvalue weighted by molar-refractivity contribution is 0.103. The molecule has 6 heteroatoms. The topological polar surface area (TPSA) is 63.9 Å². The molecule has 0 spiro atoms. The second kappa shape index (κ2) is 7.81. The summed E-state index contributed by atoms with van der Waals surface area (Å²) in [6.07, 6.45) is 3.28. The number of pyridine rings is 1. The molecule has 0 N–H and O–H groups in total. The SMILES string of the molecule is CCN(CC)Cc1nncn1-c1ccccc1C(=O)c1ccccn1. The average molecular weight is 335 g/mol. The van der Waals surface area contributed by atoms with Gasteiger partial charge < -0.3 is 0 Å². The van der Waals surface area contributed by atoms with Crippen LogP contribution in [-0.2, 0) is 6.54 Å². The number of nitrogens with zero attached hydrogens (tertiary/aromatic N) is 5. The fourth-order valence-corrected chi connectivity index (χ4v) is 2.73. The molecule has 2 aromatic heterocycles. The first-order valence-electron chi connectivity index (χ1n) is 8.41. The first-order chi connectivity index (χ1) is 12.2. The van der Waals surface area contributed by atoms with Gasteiger partial charge in [0.25, 0.3) is 0 Å². The minimum absolute atomic E-state index is 0.112. The third-order valence-corrected chi connectivity index (χ3v) is 4.18. The van der Waals surface area contributed by atoms with Gasteiger partial charge in [-0.2, -0.15) is 0 Å². The van der Waals surface area contributed by atoms with Crippen molar-refractivity contribution in [2.75, 3.05) is 13.1 Å². The van der Waals surface area contributed by atoms with E-state index in [0.29, 0.717) is 17.8 Å². The fourth-order valence-electron chi connectivity index (χ4n) is 2.73. The second-order valence-corrected chi connectivity index (χ2v) is 5.64. The molecular weight excluding hydrogens is 314 g/mol. The summed E-state index contributed by atoms with van der Waals surface area (Å²) in [5, 5.41) is 8.30. The molecule has 0 saturated heterocycles. The number of benzene rings is 1. The maximum absolute atomic E-state index is 12.9. The summed E-state index contributed by atoms with van der Waals surface area (Å²) >= 11 is 0. The van der Waals surface area contributed by atoms with E-state index in [1.807, 2.05) is 34.9 Å². The smallest absolute Gasteiger partial charge is 0.213 e. The van der Waals surface area contributed by atoms with Crippen molar-refractivity contribution in [1.29, 1.82) is 0 Å². The van der Waals surface area contributed by atoms with Crippen LogP contribution in [0.3, 0.4) is 0 Å². The van der Waals surface area contributed by atoms with Crippen molar-refractivity contribution >= 4 is 5.78 Å². The van der Waals surface area contributed by atoms with Crippen molar-refractivity contribution in [2.45, 2.75) is 20.4 Å². The predicted molar refractivity (Wildman–Crippen MR) is 95.7 cm³/mol. The predicted octanol–water partition coefficient (Wildman–Crippen LogP) is 2.74. The molecule has 0 amide bonds. The molecule has 25 heavy (non-hydrogen) atoms. The van der Waals surface area contributed by atoms with Crippen molar-refractivity contribution in [3.8, 4) is 5.69 Å². The number of rotatable bonds is 7. The van der Waals surface area contributed by atoms with Gasteiger partial charge in [-0.15, -0.1) is 10.2 Å². The van der Waals surface area contributed by atoms with E-state index in [1.165, 1.54) is 0 Å². The molecule has 0 radical (unpaired) electrons. The minimum atomic E-state index is -0.112. The highest BCUT2D eigenvalue weighted by molar-refractivity contribution is 6.10. The van der Waals surface area contributed by atoms with E-state index < -0.39 is 0 Å². The summed E-state index contributed by atoms with van der Waals surface area (Å²) in [7, 11) is 0. The van der Waals surface area contributed by atoms with Gasteiger partial charge in [0.1, 0.15) is 12.0 Å². The summed E-state index contributed by atoms with van der Waals surface area (Å²) in [5.41, 5.74) is 1.78. The highest BCUT2D eigenvalue weighted by Gasteiger charge is 2.18. The van der Waals surface area contributed by atoms with Gasteiger partial charge >= 0.3 is 0 Å². The van der Waals surface area contributed by atoms with E-state index >= 15 is 0 Å². The number of hydrogen-bond acceptors (Lipinski definition) is 5. The molecule has 0 atom stereocenters. The fraction of sp³-hybridized carbons (Fsp3) is 0.263. The average Bonchev–Trinajstić information content (AvgIpc) is 3.14. The number of hydrogen-bond donors (Lipinski definition) is 0. The van der Waals surface area contributed by atoms with Gasteiger partial charge in [-0.1, -0.05) is 32.0 Å². The highest BCUT2D eigenvalue weighted by atomic mass is 16.1. The summed E-state index contributed by atoms with van der Waals surface area (Å²) in [6, 6.07) is 12.8. The highest BCUT2D eigenvalue weighted by Crippen LogP contribution is 2.19. The Balaban J connectivity index is 2.00. The Morgan fingerprint density at radius 2 is 1.84 bits per heavy atom. The van der Waals surface area contributed by atoms with Crippen LogP contribution in [0.1, 0.15) is 35.7 Å². The number of para-hydroxylation sites is 1. The van der Waals surface area contributed by atoms with Gasteiger partial charge in [-0.3, -0.25) is 19.2 Å². The summed E-state index contributed by atoms with van der Waals surface area (Å²) in [5.74, 6) is 0.698. The monoisotopic (exact) mass is 335 g/mol. The quantitative estimate of drug-likeness (QED) is 0.621. The third kappa shape index (κ3) is 3.64. The molecule has 0 aliphatic heterocycles. The van der Waals surface area contributed by atoms with Gasteiger partial charge in [0.05, 0.1) is 12.2 Å². The van der Waals surface area contributed by atoms with Crippen LogP contribution in [0.25, 0.3) is 5.69 Å². The summed E-state index contributed by atoms with van der Waals surface area (Å²) in [4.78, 5) is 19.3. The van der Waals surface area contributed by atoms with E-state index in [9.17, 15) is 4.79 Å². The molecule has 128 valence electrons. The molecule has 1 aromatic carbocycles. The van der Waals surface area contributed by atoms with Crippen LogP contribution in [0.15, 0.2) is 55.0 Å². The van der Waals surface area contributed by atoms with Gasteiger partial charge in [0, 0.05) is 11.8 Å². The zero-order valence-electron chi connectivity index (χ0n) is 14.5.